The van der Waals surface area contributed by atoms with Gasteiger partial charge in [-0.25, -0.2) is 0 Å². The average molecular weight is 283 g/mol. The van der Waals surface area contributed by atoms with E-state index in [2.05, 4.69) is 32.7 Å². The molecule has 0 aliphatic rings. The Morgan fingerprint density at radius 2 is 2.08 bits per heavy atom. The number of hydrogen-bond acceptors (Lipinski definition) is 4. The summed E-state index contributed by atoms with van der Waals surface area (Å²) in [7, 11) is -3.47. The lowest BCUT2D eigenvalue weighted by atomic mass is 10.3. The lowest BCUT2D eigenvalue weighted by Crippen LogP contribution is -2.05. The number of rotatable bonds is 2. The van der Waals surface area contributed by atoms with Crippen LogP contribution in [0.1, 0.15) is 0 Å². The number of benzene rings is 1. The first-order valence-corrected chi connectivity index (χ1v) is 6.32. The molecule has 3 nitrogen and oxygen atoms in total. The first-order valence-electron chi connectivity index (χ1n) is 3.26. The minimum absolute atomic E-state index is 0.264. The lowest BCUT2D eigenvalue weighted by Gasteiger charge is -2.04. The van der Waals surface area contributed by atoms with E-state index < -0.39 is 10.1 Å². The number of hydrogen-bond donors (Lipinski definition) is 1. The molecule has 1 rings (SSSR count). The molecule has 6 heteroatoms. The molecule has 0 atom stereocenters. The van der Waals surface area contributed by atoms with Crippen molar-refractivity contribution in [2.45, 2.75) is 4.90 Å². The van der Waals surface area contributed by atoms with Crippen molar-refractivity contribution in [3.05, 3.63) is 22.7 Å². The van der Waals surface area contributed by atoms with Crippen LogP contribution in [-0.4, -0.2) is 14.7 Å². The molecule has 0 aliphatic carbocycles. The quantitative estimate of drug-likeness (QED) is 0.667. The van der Waals surface area contributed by atoms with Crippen LogP contribution in [0, 0.1) is 0 Å². The van der Waals surface area contributed by atoms with E-state index in [1.165, 1.54) is 6.07 Å². The van der Waals surface area contributed by atoms with Crippen LogP contribution in [0.15, 0.2) is 27.6 Å². The van der Waals surface area contributed by atoms with Gasteiger partial charge in [0.15, 0.2) is 5.75 Å². The Kier molecular flexibility index (Phi) is 3.26. The third-order valence-electron chi connectivity index (χ3n) is 1.16. The molecule has 0 spiro atoms. The molecule has 0 heterocycles. The molecule has 0 saturated heterocycles. The number of halogens is 1. The van der Waals surface area contributed by atoms with E-state index in [1.807, 2.05) is 0 Å². The molecule has 0 bridgehead atoms. The van der Waals surface area contributed by atoms with Gasteiger partial charge in [-0.2, -0.15) is 8.42 Å². The topological polar surface area (TPSA) is 43.4 Å². The standard InChI is InChI=1S/C7H7BrO3S2/c1-13(9,10)11-7-3-2-5(12)4-6(7)8/h2-4,12H,1H3. The summed E-state index contributed by atoms with van der Waals surface area (Å²) in [6.45, 7) is 0. The summed E-state index contributed by atoms with van der Waals surface area (Å²) >= 11 is 7.24. The Morgan fingerprint density at radius 3 is 2.54 bits per heavy atom. The van der Waals surface area contributed by atoms with Gasteiger partial charge in [-0.05, 0) is 34.1 Å². The average Bonchev–Trinajstić information content (AvgIpc) is 1.93. The van der Waals surface area contributed by atoms with Gasteiger partial charge in [-0.1, -0.05) is 0 Å². The summed E-state index contributed by atoms with van der Waals surface area (Å²) in [5.74, 6) is 0.264. The first kappa shape index (κ1) is 10.9. The van der Waals surface area contributed by atoms with Gasteiger partial charge in [0.25, 0.3) is 0 Å². The van der Waals surface area contributed by atoms with Crippen molar-refractivity contribution in [3.8, 4) is 5.75 Å². The smallest absolute Gasteiger partial charge is 0.306 e. The maximum absolute atomic E-state index is 10.8. The van der Waals surface area contributed by atoms with Crippen LogP contribution in [0.5, 0.6) is 5.75 Å². The van der Waals surface area contributed by atoms with Gasteiger partial charge in [-0.15, -0.1) is 12.6 Å². The van der Waals surface area contributed by atoms with Crippen molar-refractivity contribution in [2.24, 2.45) is 0 Å². The highest BCUT2D eigenvalue weighted by molar-refractivity contribution is 9.10. The van der Waals surface area contributed by atoms with E-state index in [0.717, 1.165) is 11.2 Å². The van der Waals surface area contributed by atoms with Crippen molar-refractivity contribution in [3.63, 3.8) is 0 Å². The van der Waals surface area contributed by atoms with Crippen LogP contribution in [0.2, 0.25) is 0 Å². The summed E-state index contributed by atoms with van der Waals surface area (Å²) in [5, 5.41) is 0. The Balaban J connectivity index is 3.04. The van der Waals surface area contributed by atoms with E-state index in [-0.39, 0.29) is 5.75 Å². The van der Waals surface area contributed by atoms with Crippen molar-refractivity contribution < 1.29 is 12.6 Å². The third kappa shape index (κ3) is 3.58. The molecule has 72 valence electrons. The van der Waals surface area contributed by atoms with Crippen LogP contribution < -0.4 is 4.18 Å². The molecule has 1 aromatic carbocycles. The predicted molar refractivity (Wildman–Crippen MR) is 56.9 cm³/mol. The van der Waals surface area contributed by atoms with Gasteiger partial charge >= 0.3 is 10.1 Å². The zero-order valence-corrected chi connectivity index (χ0v) is 9.99. The molecule has 0 N–H and O–H groups in total. The Hall–Kier alpha value is -0.200. The molecule has 0 amide bonds. The van der Waals surface area contributed by atoms with Crippen molar-refractivity contribution in [2.75, 3.05) is 6.26 Å². The van der Waals surface area contributed by atoms with Crippen LogP contribution in [0.3, 0.4) is 0 Å². The molecule has 0 aromatic heterocycles. The minimum Gasteiger partial charge on any atom is -0.381 e. The fraction of sp³-hybridized carbons (Fsp3) is 0.143. The predicted octanol–water partition coefficient (Wildman–Crippen LogP) is 2.08. The number of thiol groups is 1. The van der Waals surface area contributed by atoms with E-state index in [9.17, 15) is 8.42 Å². The molecular formula is C7H7BrO3S2. The molecule has 0 radical (unpaired) electrons. The van der Waals surface area contributed by atoms with Crippen LogP contribution >= 0.6 is 28.6 Å². The van der Waals surface area contributed by atoms with Gasteiger partial charge in [-0.3, -0.25) is 0 Å². The highest BCUT2D eigenvalue weighted by Crippen LogP contribution is 2.27. The van der Waals surface area contributed by atoms with Crippen LogP contribution in [0.4, 0.5) is 0 Å². The molecule has 0 fully saturated rings. The molecule has 1 aromatic rings. The second-order valence-electron chi connectivity index (χ2n) is 2.40. The Labute approximate surface area is 90.8 Å². The molecule has 0 saturated carbocycles. The summed E-state index contributed by atoms with van der Waals surface area (Å²) < 4.78 is 26.8. The summed E-state index contributed by atoms with van der Waals surface area (Å²) in [4.78, 5) is 0.729. The molecular weight excluding hydrogens is 276 g/mol. The SMILES string of the molecule is CS(=O)(=O)Oc1ccc(S)cc1Br. The zero-order chi connectivity index (χ0) is 10.1. The van der Waals surface area contributed by atoms with E-state index in [4.69, 9.17) is 0 Å². The normalized spacial score (nSPS) is 11.3. The summed E-state index contributed by atoms with van der Waals surface area (Å²) in [6.07, 6.45) is 0.994. The molecule has 13 heavy (non-hydrogen) atoms. The summed E-state index contributed by atoms with van der Waals surface area (Å²) in [6, 6.07) is 4.84. The maximum atomic E-state index is 10.8. The van der Waals surface area contributed by atoms with Gasteiger partial charge < -0.3 is 4.18 Å². The van der Waals surface area contributed by atoms with Gasteiger partial charge in [0.1, 0.15) is 0 Å². The molecule has 0 unspecified atom stereocenters. The van der Waals surface area contributed by atoms with E-state index in [1.54, 1.807) is 12.1 Å². The van der Waals surface area contributed by atoms with Gasteiger partial charge in [0.2, 0.25) is 0 Å². The summed E-state index contributed by atoms with van der Waals surface area (Å²) in [5.41, 5.74) is 0. The second-order valence-corrected chi connectivity index (χ2v) is 5.35. The fourth-order valence-electron chi connectivity index (χ4n) is 0.720. The minimum atomic E-state index is -3.47. The van der Waals surface area contributed by atoms with Crippen LogP contribution in [0.25, 0.3) is 0 Å². The Morgan fingerprint density at radius 1 is 1.46 bits per heavy atom. The van der Waals surface area contributed by atoms with Crippen molar-refractivity contribution in [1.82, 2.24) is 0 Å². The van der Waals surface area contributed by atoms with Crippen molar-refractivity contribution in [1.29, 1.82) is 0 Å². The lowest BCUT2D eigenvalue weighted by molar-refractivity contribution is 0.491. The fourth-order valence-corrected chi connectivity index (χ4v) is 2.14. The second kappa shape index (κ2) is 3.89. The van der Waals surface area contributed by atoms with Crippen LogP contribution in [-0.2, 0) is 10.1 Å². The zero-order valence-electron chi connectivity index (χ0n) is 6.69. The maximum Gasteiger partial charge on any atom is 0.306 e. The highest BCUT2D eigenvalue weighted by Gasteiger charge is 2.07. The monoisotopic (exact) mass is 282 g/mol. The van der Waals surface area contributed by atoms with Gasteiger partial charge in [0, 0.05) is 4.90 Å². The van der Waals surface area contributed by atoms with Crippen molar-refractivity contribution >= 4 is 38.7 Å². The van der Waals surface area contributed by atoms with E-state index in [0.29, 0.717) is 4.47 Å². The third-order valence-corrected chi connectivity index (χ3v) is 2.54. The van der Waals surface area contributed by atoms with Gasteiger partial charge in [0.05, 0.1) is 10.7 Å². The molecule has 0 aliphatic heterocycles. The first-order chi connectivity index (χ1) is 5.88. The largest absolute Gasteiger partial charge is 0.381 e. The van der Waals surface area contributed by atoms with E-state index >= 15 is 0 Å². The Bertz CT molecular complexity index is 414. The highest BCUT2D eigenvalue weighted by atomic mass is 79.9.